The maximum atomic E-state index is 12.5. The fourth-order valence-electron chi connectivity index (χ4n) is 1.96. The molecular formula is C14H22ClNO2S. The highest BCUT2D eigenvalue weighted by Crippen LogP contribution is 2.23. The summed E-state index contributed by atoms with van der Waals surface area (Å²) >= 11 is 5.83. The highest BCUT2D eigenvalue weighted by atomic mass is 35.5. The molecule has 1 rings (SSSR count). The summed E-state index contributed by atoms with van der Waals surface area (Å²) in [6.45, 7) is 4.47. The zero-order valence-corrected chi connectivity index (χ0v) is 13.4. The number of nitrogens with zero attached hydrogens (tertiary/aromatic N) is 1. The lowest BCUT2D eigenvalue weighted by Crippen LogP contribution is -2.28. The second-order valence-corrected chi connectivity index (χ2v) is 6.99. The zero-order chi connectivity index (χ0) is 14.5. The van der Waals surface area contributed by atoms with Crippen LogP contribution in [-0.4, -0.2) is 26.3 Å². The summed E-state index contributed by atoms with van der Waals surface area (Å²) in [4.78, 5) is 0.365. The molecule has 0 bridgehead atoms. The van der Waals surface area contributed by atoms with Gasteiger partial charge in [0, 0.05) is 19.5 Å². The average Bonchev–Trinajstić information content (AvgIpc) is 2.38. The molecule has 3 nitrogen and oxygen atoms in total. The van der Waals surface area contributed by atoms with E-state index in [9.17, 15) is 8.42 Å². The fraction of sp³-hybridized carbons (Fsp3) is 0.571. The Morgan fingerprint density at radius 2 is 1.95 bits per heavy atom. The molecule has 108 valence electrons. The summed E-state index contributed by atoms with van der Waals surface area (Å²) < 4.78 is 26.4. The van der Waals surface area contributed by atoms with Gasteiger partial charge in [0.05, 0.1) is 4.90 Å². The molecule has 0 saturated carbocycles. The molecule has 0 aliphatic heterocycles. The third-order valence-electron chi connectivity index (χ3n) is 3.31. The van der Waals surface area contributed by atoms with Crippen LogP contribution in [0.1, 0.15) is 37.3 Å². The summed E-state index contributed by atoms with van der Waals surface area (Å²) in [5.74, 6) is 0.328. The summed E-state index contributed by atoms with van der Waals surface area (Å²) in [5, 5.41) is 0. The molecule has 0 N–H and O–H groups in total. The summed E-state index contributed by atoms with van der Waals surface area (Å²) in [7, 11) is -1.77. The quantitative estimate of drug-likeness (QED) is 0.570. The predicted octanol–water partition coefficient (Wildman–Crippen LogP) is 3.54. The highest BCUT2D eigenvalue weighted by Gasteiger charge is 2.23. The Hall–Kier alpha value is -0.580. The molecule has 5 heteroatoms. The van der Waals surface area contributed by atoms with Crippen molar-refractivity contribution in [3.05, 3.63) is 29.3 Å². The lowest BCUT2D eigenvalue weighted by atomic mass is 10.1. The first kappa shape index (κ1) is 16.5. The van der Waals surface area contributed by atoms with E-state index in [1.165, 1.54) is 4.31 Å². The number of hydrogen-bond acceptors (Lipinski definition) is 2. The predicted molar refractivity (Wildman–Crippen MR) is 80.1 cm³/mol. The molecule has 1 aromatic rings. The van der Waals surface area contributed by atoms with Crippen molar-refractivity contribution >= 4 is 21.6 Å². The number of halogens is 1. The number of alkyl halides is 1. The molecule has 0 aliphatic carbocycles. The van der Waals surface area contributed by atoms with E-state index in [1.807, 2.05) is 13.0 Å². The molecule has 0 unspecified atom stereocenters. The Morgan fingerprint density at radius 3 is 2.53 bits per heavy atom. The minimum Gasteiger partial charge on any atom is -0.207 e. The molecule has 0 atom stereocenters. The van der Waals surface area contributed by atoms with Gasteiger partial charge >= 0.3 is 0 Å². The van der Waals surface area contributed by atoms with Gasteiger partial charge in [-0.1, -0.05) is 31.9 Å². The first-order valence-electron chi connectivity index (χ1n) is 6.56. The van der Waals surface area contributed by atoms with Gasteiger partial charge in [-0.15, -0.1) is 11.6 Å². The normalized spacial score (nSPS) is 12.1. The first-order chi connectivity index (χ1) is 8.95. The second-order valence-electron chi connectivity index (χ2n) is 4.71. The van der Waals surface area contributed by atoms with E-state index in [-0.39, 0.29) is 0 Å². The largest absolute Gasteiger partial charge is 0.243 e. The molecule has 19 heavy (non-hydrogen) atoms. The third kappa shape index (κ3) is 3.94. The minimum atomic E-state index is -3.41. The number of rotatable bonds is 7. The Bertz CT molecular complexity index is 514. The van der Waals surface area contributed by atoms with Gasteiger partial charge in [0.15, 0.2) is 0 Å². The van der Waals surface area contributed by atoms with E-state index in [1.54, 1.807) is 19.2 Å². The van der Waals surface area contributed by atoms with Crippen molar-refractivity contribution < 1.29 is 8.42 Å². The third-order valence-corrected chi connectivity index (χ3v) is 5.59. The van der Waals surface area contributed by atoms with Crippen LogP contribution in [-0.2, 0) is 15.9 Å². The van der Waals surface area contributed by atoms with Crippen molar-refractivity contribution in [2.75, 3.05) is 13.6 Å². The van der Waals surface area contributed by atoms with Gasteiger partial charge in [-0.3, -0.25) is 0 Å². The average molecular weight is 304 g/mol. The minimum absolute atomic E-state index is 0.328. The molecular weight excluding hydrogens is 282 g/mol. The highest BCUT2D eigenvalue weighted by molar-refractivity contribution is 7.89. The molecule has 0 fully saturated rings. The summed E-state index contributed by atoms with van der Waals surface area (Å²) in [5.41, 5.74) is 1.62. The van der Waals surface area contributed by atoms with Gasteiger partial charge in [-0.2, -0.15) is 0 Å². The van der Waals surface area contributed by atoms with E-state index in [4.69, 9.17) is 11.6 Å². The zero-order valence-electron chi connectivity index (χ0n) is 11.8. The van der Waals surface area contributed by atoms with Crippen LogP contribution in [0.15, 0.2) is 23.1 Å². The molecule has 0 aromatic heterocycles. The maximum Gasteiger partial charge on any atom is 0.243 e. The van der Waals surface area contributed by atoms with Crippen LogP contribution in [0.25, 0.3) is 0 Å². The summed E-state index contributed by atoms with van der Waals surface area (Å²) in [6, 6.07) is 5.26. The van der Waals surface area contributed by atoms with E-state index < -0.39 is 10.0 Å². The van der Waals surface area contributed by atoms with E-state index in [2.05, 4.69) is 6.92 Å². The van der Waals surface area contributed by atoms with Gasteiger partial charge in [0.25, 0.3) is 0 Å². The topological polar surface area (TPSA) is 37.4 Å². The van der Waals surface area contributed by atoms with Crippen molar-refractivity contribution in [2.24, 2.45) is 0 Å². The summed E-state index contributed by atoms with van der Waals surface area (Å²) in [6.07, 6.45) is 3.01. The molecule has 1 aromatic carbocycles. The van der Waals surface area contributed by atoms with Crippen LogP contribution in [0.3, 0.4) is 0 Å². The van der Waals surface area contributed by atoms with E-state index in [0.717, 1.165) is 30.4 Å². The van der Waals surface area contributed by atoms with Crippen LogP contribution >= 0.6 is 11.6 Å². The molecule has 0 aliphatic rings. The number of benzene rings is 1. The van der Waals surface area contributed by atoms with E-state index >= 15 is 0 Å². The van der Waals surface area contributed by atoms with Gasteiger partial charge in [0.2, 0.25) is 10.0 Å². The number of unbranched alkanes of at least 4 members (excludes halogenated alkanes) is 2. The van der Waals surface area contributed by atoms with Crippen molar-refractivity contribution in [2.45, 2.75) is 43.9 Å². The van der Waals surface area contributed by atoms with E-state index in [0.29, 0.717) is 17.3 Å². The number of sulfonamides is 1. The molecule has 0 radical (unpaired) electrons. The van der Waals surface area contributed by atoms with Crippen molar-refractivity contribution in [1.82, 2.24) is 4.31 Å². The molecule has 0 amide bonds. The SMILES string of the molecule is CCCCCN(C)S(=O)(=O)c1cccc(CCl)c1C. The van der Waals surface area contributed by atoms with Crippen LogP contribution in [0.2, 0.25) is 0 Å². The van der Waals surface area contributed by atoms with Crippen molar-refractivity contribution in [3.63, 3.8) is 0 Å². The smallest absolute Gasteiger partial charge is 0.207 e. The van der Waals surface area contributed by atoms with Crippen molar-refractivity contribution in [3.8, 4) is 0 Å². The number of hydrogen-bond donors (Lipinski definition) is 0. The Labute approximate surface area is 121 Å². The lowest BCUT2D eigenvalue weighted by Gasteiger charge is -2.19. The Balaban J connectivity index is 3.00. The van der Waals surface area contributed by atoms with Crippen LogP contribution in [0.4, 0.5) is 0 Å². The Morgan fingerprint density at radius 1 is 1.26 bits per heavy atom. The van der Waals surface area contributed by atoms with Crippen LogP contribution in [0.5, 0.6) is 0 Å². The van der Waals surface area contributed by atoms with Gasteiger partial charge in [-0.05, 0) is 30.5 Å². The lowest BCUT2D eigenvalue weighted by molar-refractivity contribution is 0.454. The van der Waals surface area contributed by atoms with Gasteiger partial charge in [-0.25, -0.2) is 12.7 Å². The Kier molecular flexibility index (Phi) is 6.30. The monoisotopic (exact) mass is 303 g/mol. The van der Waals surface area contributed by atoms with Crippen LogP contribution < -0.4 is 0 Å². The first-order valence-corrected chi connectivity index (χ1v) is 8.53. The second kappa shape index (κ2) is 7.27. The van der Waals surface area contributed by atoms with Crippen molar-refractivity contribution in [1.29, 1.82) is 0 Å². The molecule has 0 heterocycles. The van der Waals surface area contributed by atoms with Crippen LogP contribution in [0, 0.1) is 6.92 Å². The fourth-order valence-corrected chi connectivity index (χ4v) is 3.72. The van der Waals surface area contributed by atoms with Gasteiger partial charge < -0.3 is 0 Å². The molecule has 0 saturated heterocycles. The molecule has 0 spiro atoms. The van der Waals surface area contributed by atoms with Gasteiger partial charge in [0.1, 0.15) is 0 Å². The maximum absolute atomic E-state index is 12.5. The standard InChI is InChI=1S/C14H22ClNO2S/c1-4-5-6-10-16(3)19(17,18)14-9-7-8-13(11-15)12(14)2/h7-9H,4-6,10-11H2,1-3H3.